The van der Waals surface area contributed by atoms with E-state index in [0.717, 1.165) is 35.3 Å². The fourth-order valence-corrected chi connectivity index (χ4v) is 3.94. The smallest absolute Gasteiger partial charge is 0.229 e. The molecule has 0 aliphatic carbocycles. The van der Waals surface area contributed by atoms with E-state index in [4.69, 9.17) is 25.0 Å². The predicted molar refractivity (Wildman–Crippen MR) is 116 cm³/mol. The van der Waals surface area contributed by atoms with E-state index in [0.29, 0.717) is 23.0 Å². The van der Waals surface area contributed by atoms with E-state index in [1.54, 1.807) is 18.9 Å². The summed E-state index contributed by atoms with van der Waals surface area (Å²) in [6.07, 6.45) is 1.64. The zero-order chi connectivity index (χ0) is 22.0. The van der Waals surface area contributed by atoms with Crippen LogP contribution in [0.5, 0.6) is 17.4 Å². The minimum atomic E-state index is -0.424. The molecule has 0 saturated carbocycles. The van der Waals surface area contributed by atoms with Crippen molar-refractivity contribution < 1.29 is 14.2 Å². The van der Waals surface area contributed by atoms with Gasteiger partial charge in [-0.25, -0.2) is 4.68 Å². The molecule has 0 saturated heterocycles. The van der Waals surface area contributed by atoms with E-state index < -0.39 is 5.92 Å². The highest BCUT2D eigenvalue weighted by Crippen LogP contribution is 2.46. The van der Waals surface area contributed by atoms with Gasteiger partial charge >= 0.3 is 0 Å². The number of nitrogens with zero attached hydrogens (tertiary/aromatic N) is 3. The van der Waals surface area contributed by atoms with Crippen molar-refractivity contribution in [3.8, 4) is 29.1 Å². The number of aryl methyl sites for hydroxylation is 1. The number of nitrogens with two attached hydrogens (primary N) is 1. The third-order valence-corrected chi connectivity index (χ3v) is 5.35. The molecule has 0 unspecified atom stereocenters. The molecule has 2 aromatic carbocycles. The summed E-state index contributed by atoms with van der Waals surface area (Å²) in [6.45, 7) is 2.10. The van der Waals surface area contributed by atoms with Crippen molar-refractivity contribution in [1.82, 2.24) is 9.78 Å². The molecule has 0 spiro atoms. The molecule has 158 valence electrons. The van der Waals surface area contributed by atoms with Crippen LogP contribution in [0.3, 0.4) is 0 Å². The van der Waals surface area contributed by atoms with Gasteiger partial charge in [0.05, 0.1) is 37.1 Å². The topological polar surface area (TPSA) is 95.3 Å². The Morgan fingerprint density at radius 2 is 1.87 bits per heavy atom. The molecular weight excluding hydrogens is 392 g/mol. The molecule has 1 aliphatic heterocycles. The molecule has 0 bridgehead atoms. The summed E-state index contributed by atoms with van der Waals surface area (Å²) in [4.78, 5) is 0. The monoisotopic (exact) mass is 416 g/mol. The summed E-state index contributed by atoms with van der Waals surface area (Å²) in [6, 6.07) is 17.6. The third kappa shape index (κ3) is 3.46. The van der Waals surface area contributed by atoms with Crippen molar-refractivity contribution in [1.29, 1.82) is 5.26 Å². The van der Waals surface area contributed by atoms with Crippen molar-refractivity contribution in [3.05, 3.63) is 76.8 Å². The van der Waals surface area contributed by atoms with Crippen LogP contribution in [0.2, 0.25) is 0 Å². The van der Waals surface area contributed by atoms with Gasteiger partial charge in [-0.2, -0.15) is 10.4 Å². The summed E-state index contributed by atoms with van der Waals surface area (Å²) in [5.41, 5.74) is 10.0. The number of hydrogen-bond donors (Lipinski definition) is 1. The summed E-state index contributed by atoms with van der Waals surface area (Å²) < 4.78 is 18.6. The summed E-state index contributed by atoms with van der Waals surface area (Å²) in [5, 5.41) is 14.8. The number of hydrogen-bond acceptors (Lipinski definition) is 6. The molecule has 1 aromatic heterocycles. The maximum atomic E-state index is 9.94. The van der Waals surface area contributed by atoms with Gasteiger partial charge in [-0.15, -0.1) is 0 Å². The van der Waals surface area contributed by atoms with E-state index in [1.807, 2.05) is 48.5 Å². The van der Waals surface area contributed by atoms with Crippen molar-refractivity contribution >= 4 is 0 Å². The lowest BCUT2D eigenvalue weighted by Crippen LogP contribution is -2.22. The number of aromatic nitrogens is 2. The number of ether oxygens (including phenoxy) is 3. The first-order valence-corrected chi connectivity index (χ1v) is 10.1. The van der Waals surface area contributed by atoms with Gasteiger partial charge in [0.2, 0.25) is 11.8 Å². The highest BCUT2D eigenvalue weighted by Gasteiger charge is 2.37. The summed E-state index contributed by atoms with van der Waals surface area (Å²) in [7, 11) is 3.17. The Balaban J connectivity index is 1.97. The van der Waals surface area contributed by atoms with E-state index in [1.165, 1.54) is 0 Å². The number of nitriles is 1. The van der Waals surface area contributed by atoms with Crippen LogP contribution in [-0.2, 0) is 6.42 Å². The van der Waals surface area contributed by atoms with Crippen LogP contribution in [0.4, 0.5) is 0 Å². The van der Waals surface area contributed by atoms with Gasteiger partial charge in [0.1, 0.15) is 11.6 Å². The van der Waals surface area contributed by atoms with Gasteiger partial charge < -0.3 is 19.9 Å². The lowest BCUT2D eigenvalue weighted by Gasteiger charge is -2.25. The lowest BCUT2D eigenvalue weighted by molar-refractivity contribution is 0.353. The average Bonchev–Trinajstić information content (AvgIpc) is 3.16. The molecule has 2 N–H and O–H groups in total. The molecule has 0 fully saturated rings. The maximum Gasteiger partial charge on any atom is 0.229 e. The fourth-order valence-electron chi connectivity index (χ4n) is 3.94. The fraction of sp³-hybridized carbons (Fsp3) is 0.250. The average molecular weight is 416 g/mol. The minimum absolute atomic E-state index is 0.0786. The summed E-state index contributed by atoms with van der Waals surface area (Å²) in [5.74, 6) is 1.38. The van der Waals surface area contributed by atoms with Crippen LogP contribution in [0.1, 0.15) is 36.1 Å². The van der Waals surface area contributed by atoms with Gasteiger partial charge in [0.15, 0.2) is 11.5 Å². The molecule has 2 heterocycles. The van der Waals surface area contributed by atoms with Crippen molar-refractivity contribution in [2.45, 2.75) is 25.7 Å². The van der Waals surface area contributed by atoms with Crippen LogP contribution in [0.15, 0.2) is 60.0 Å². The molecule has 31 heavy (non-hydrogen) atoms. The maximum absolute atomic E-state index is 9.94. The minimum Gasteiger partial charge on any atom is -0.493 e. The van der Waals surface area contributed by atoms with Crippen molar-refractivity contribution in [3.63, 3.8) is 0 Å². The largest absolute Gasteiger partial charge is 0.493 e. The first-order valence-electron chi connectivity index (χ1n) is 10.1. The van der Waals surface area contributed by atoms with Crippen LogP contribution >= 0.6 is 0 Å². The Bertz CT molecular complexity index is 1180. The molecule has 1 aliphatic rings. The van der Waals surface area contributed by atoms with Crippen LogP contribution < -0.4 is 19.9 Å². The molecule has 7 nitrogen and oxygen atoms in total. The normalized spacial score (nSPS) is 15.1. The van der Waals surface area contributed by atoms with Gasteiger partial charge in [-0.3, -0.25) is 0 Å². The molecule has 3 aromatic rings. The number of methoxy groups -OCH3 is 2. The molecule has 4 rings (SSSR count). The number of rotatable bonds is 6. The highest BCUT2D eigenvalue weighted by molar-refractivity contribution is 5.59. The van der Waals surface area contributed by atoms with Crippen molar-refractivity contribution in [2.75, 3.05) is 14.2 Å². The Hall–Kier alpha value is -3.92. The highest BCUT2D eigenvalue weighted by atomic mass is 16.5. The molecule has 7 heteroatoms. The Morgan fingerprint density at radius 1 is 1.13 bits per heavy atom. The molecule has 0 amide bonds. The second-order valence-electron chi connectivity index (χ2n) is 7.20. The SMILES string of the molecule is CCCc1nn(-c2ccccc2)c2c1[C@@H](c1ccc(OC)c(OC)c1)C(C#N)=C(N)O2. The number of benzene rings is 2. The van der Waals surface area contributed by atoms with Crippen LogP contribution in [0, 0.1) is 11.3 Å². The zero-order valence-corrected chi connectivity index (χ0v) is 17.8. The standard InChI is InChI=1S/C24H24N4O3/c1-4-8-18-22-21(15-11-12-19(29-2)20(13-15)30-3)17(14-25)23(26)31-24(22)28(27-18)16-9-6-5-7-10-16/h5-7,9-13,21H,4,8,26H2,1-3H3/t21-/m0/s1. The Labute approximate surface area is 181 Å². The second kappa shape index (κ2) is 8.44. The van der Waals surface area contributed by atoms with Gasteiger partial charge in [0, 0.05) is 0 Å². The van der Waals surface area contributed by atoms with Crippen molar-refractivity contribution in [2.24, 2.45) is 5.73 Å². The van der Waals surface area contributed by atoms with Gasteiger partial charge in [-0.05, 0) is 36.2 Å². The van der Waals surface area contributed by atoms with Crippen LogP contribution in [-0.4, -0.2) is 24.0 Å². The molecule has 1 atom stereocenters. The molecule has 0 radical (unpaired) electrons. The van der Waals surface area contributed by atoms with Crippen LogP contribution in [0.25, 0.3) is 5.69 Å². The second-order valence-corrected chi connectivity index (χ2v) is 7.20. The van der Waals surface area contributed by atoms with E-state index in [9.17, 15) is 5.26 Å². The summed E-state index contributed by atoms with van der Waals surface area (Å²) >= 11 is 0. The molecular formula is C24H24N4O3. The number of allylic oxidation sites excluding steroid dienone is 1. The van der Waals surface area contributed by atoms with E-state index in [2.05, 4.69) is 13.0 Å². The number of fused-ring (bicyclic) bond motifs is 1. The van der Waals surface area contributed by atoms with Gasteiger partial charge in [-0.1, -0.05) is 37.6 Å². The zero-order valence-electron chi connectivity index (χ0n) is 17.8. The Kier molecular flexibility index (Phi) is 5.54. The number of para-hydroxylation sites is 1. The quantitative estimate of drug-likeness (QED) is 0.651. The first kappa shape index (κ1) is 20.4. The van der Waals surface area contributed by atoms with E-state index in [-0.39, 0.29) is 5.88 Å². The van der Waals surface area contributed by atoms with E-state index >= 15 is 0 Å². The predicted octanol–water partition coefficient (Wildman–Crippen LogP) is 4.06. The Morgan fingerprint density at radius 3 is 2.52 bits per heavy atom. The van der Waals surface area contributed by atoms with Gasteiger partial charge in [0.25, 0.3) is 0 Å². The lowest BCUT2D eigenvalue weighted by atomic mass is 9.83. The third-order valence-electron chi connectivity index (χ3n) is 5.35. The first-order chi connectivity index (χ1) is 15.1.